The highest BCUT2D eigenvalue weighted by Crippen LogP contribution is 2.15. The Kier molecular flexibility index (Phi) is 5.61. The van der Waals surface area contributed by atoms with Gasteiger partial charge in [-0.2, -0.15) is 0 Å². The zero-order valence-corrected chi connectivity index (χ0v) is 12.2. The first kappa shape index (κ1) is 14.6. The topological polar surface area (TPSA) is 67.9 Å². The van der Waals surface area contributed by atoms with Crippen molar-refractivity contribution in [3.8, 4) is 0 Å². The fourth-order valence-electron chi connectivity index (χ4n) is 1.67. The Bertz CT molecular complexity index is 542. The number of benzene rings is 1. The van der Waals surface area contributed by atoms with Crippen LogP contribution in [0.4, 0.5) is 0 Å². The average molecular weight is 291 g/mol. The highest BCUT2D eigenvalue weighted by Gasteiger charge is 2.07. The van der Waals surface area contributed by atoms with Crippen molar-refractivity contribution in [2.24, 2.45) is 0 Å². The molecular weight excluding hydrogens is 274 g/mol. The van der Waals surface area contributed by atoms with Gasteiger partial charge in [0.05, 0.1) is 13.0 Å². The van der Waals surface area contributed by atoms with Crippen LogP contribution in [0.3, 0.4) is 0 Å². The Hall–Kier alpha value is -1.82. The molecule has 2 rings (SSSR count). The fourth-order valence-corrected chi connectivity index (χ4v) is 2.41. The van der Waals surface area contributed by atoms with Gasteiger partial charge in [-0.3, -0.25) is 9.89 Å². The van der Waals surface area contributed by atoms with Crippen molar-refractivity contribution in [1.82, 2.24) is 15.2 Å². The number of ether oxygens (including phenoxy) is 1. The molecule has 1 aromatic carbocycles. The molecule has 0 unspecified atom stereocenters. The van der Waals surface area contributed by atoms with Crippen molar-refractivity contribution < 1.29 is 9.53 Å². The highest BCUT2D eigenvalue weighted by atomic mass is 32.2. The average Bonchev–Trinajstić information content (AvgIpc) is 2.88. The molecule has 0 atom stereocenters. The van der Waals surface area contributed by atoms with Crippen LogP contribution in [0.15, 0.2) is 35.5 Å². The lowest BCUT2D eigenvalue weighted by Crippen LogP contribution is -2.04. The second-order valence-corrected chi connectivity index (χ2v) is 5.19. The number of aromatic amines is 1. The minimum absolute atomic E-state index is 0.181. The summed E-state index contributed by atoms with van der Waals surface area (Å²) in [4.78, 5) is 15.6. The molecule has 1 aromatic heterocycles. The lowest BCUT2D eigenvalue weighted by Gasteiger charge is -1.99. The largest absolute Gasteiger partial charge is 0.466 e. The summed E-state index contributed by atoms with van der Waals surface area (Å²) in [6.07, 6.45) is 1.10. The number of rotatable bonds is 7. The minimum Gasteiger partial charge on any atom is -0.466 e. The van der Waals surface area contributed by atoms with E-state index in [2.05, 4.69) is 27.3 Å². The molecule has 106 valence electrons. The van der Waals surface area contributed by atoms with Gasteiger partial charge in [-0.25, -0.2) is 4.98 Å². The number of hydrogen-bond donors (Lipinski definition) is 1. The summed E-state index contributed by atoms with van der Waals surface area (Å²) < 4.78 is 4.86. The second kappa shape index (κ2) is 7.69. The summed E-state index contributed by atoms with van der Waals surface area (Å²) in [5.74, 6) is 1.27. The Morgan fingerprint density at radius 2 is 2.15 bits per heavy atom. The number of aromatic nitrogens is 3. The zero-order chi connectivity index (χ0) is 14.2. The smallest absolute Gasteiger partial charge is 0.306 e. The van der Waals surface area contributed by atoms with Gasteiger partial charge in [0.25, 0.3) is 0 Å². The van der Waals surface area contributed by atoms with Crippen LogP contribution in [0.1, 0.15) is 24.7 Å². The summed E-state index contributed by atoms with van der Waals surface area (Å²) in [6, 6.07) is 10.1. The molecule has 0 spiro atoms. The number of thioether (sulfide) groups is 1. The maximum absolute atomic E-state index is 11.2. The van der Waals surface area contributed by atoms with E-state index in [-0.39, 0.29) is 5.97 Å². The Balaban J connectivity index is 1.79. The quantitative estimate of drug-likeness (QED) is 0.627. The number of nitrogens with one attached hydrogen (secondary N) is 1. The van der Waals surface area contributed by atoms with Crippen molar-refractivity contribution in [3.05, 3.63) is 41.7 Å². The molecule has 0 saturated heterocycles. The van der Waals surface area contributed by atoms with E-state index in [1.807, 2.05) is 18.2 Å². The van der Waals surface area contributed by atoms with Crippen molar-refractivity contribution in [2.75, 3.05) is 12.4 Å². The van der Waals surface area contributed by atoms with Crippen LogP contribution in [0, 0.1) is 0 Å². The standard InChI is InChI=1S/C14H17N3O2S/c1-2-19-13(18)8-9-20-14-15-12(16-17-14)10-11-6-4-3-5-7-11/h3-7H,2,8-10H2,1H3,(H,15,16,17). The minimum atomic E-state index is -0.181. The van der Waals surface area contributed by atoms with Gasteiger partial charge in [0.2, 0.25) is 5.16 Å². The molecule has 1 heterocycles. The normalized spacial score (nSPS) is 10.4. The Morgan fingerprint density at radius 1 is 1.35 bits per heavy atom. The molecule has 1 N–H and O–H groups in total. The molecule has 0 aliphatic heterocycles. The lowest BCUT2D eigenvalue weighted by molar-refractivity contribution is -0.142. The molecule has 0 aliphatic rings. The number of carbonyl (C=O) groups is 1. The van der Waals surface area contributed by atoms with Crippen molar-refractivity contribution in [1.29, 1.82) is 0 Å². The van der Waals surface area contributed by atoms with Gasteiger partial charge in [0, 0.05) is 12.2 Å². The van der Waals surface area contributed by atoms with E-state index in [4.69, 9.17) is 4.74 Å². The van der Waals surface area contributed by atoms with Crippen molar-refractivity contribution >= 4 is 17.7 Å². The molecule has 0 amide bonds. The third-order valence-corrected chi connectivity index (χ3v) is 3.42. The van der Waals surface area contributed by atoms with Gasteiger partial charge in [-0.05, 0) is 12.5 Å². The van der Waals surface area contributed by atoms with Gasteiger partial charge in [0.15, 0.2) is 0 Å². The van der Waals surface area contributed by atoms with Gasteiger partial charge in [0.1, 0.15) is 5.82 Å². The van der Waals surface area contributed by atoms with Crippen LogP contribution in [0.25, 0.3) is 0 Å². The van der Waals surface area contributed by atoms with E-state index in [1.165, 1.54) is 17.3 Å². The maximum Gasteiger partial charge on any atom is 0.306 e. The number of nitrogens with zero attached hydrogens (tertiary/aromatic N) is 2. The van der Waals surface area contributed by atoms with Gasteiger partial charge >= 0.3 is 5.97 Å². The first-order valence-corrected chi connectivity index (χ1v) is 7.50. The number of hydrogen-bond acceptors (Lipinski definition) is 5. The van der Waals surface area contributed by atoms with Gasteiger partial charge in [-0.1, -0.05) is 42.1 Å². The molecule has 6 heteroatoms. The number of carbonyl (C=O) groups excluding carboxylic acids is 1. The Morgan fingerprint density at radius 3 is 2.90 bits per heavy atom. The van der Waals surface area contributed by atoms with Crippen LogP contribution in [-0.4, -0.2) is 33.5 Å². The maximum atomic E-state index is 11.2. The lowest BCUT2D eigenvalue weighted by atomic mass is 10.1. The first-order valence-electron chi connectivity index (χ1n) is 6.51. The third-order valence-electron chi connectivity index (χ3n) is 2.57. The van der Waals surface area contributed by atoms with E-state index in [1.54, 1.807) is 6.92 Å². The zero-order valence-electron chi connectivity index (χ0n) is 11.3. The summed E-state index contributed by atoms with van der Waals surface area (Å²) >= 11 is 1.45. The number of H-pyrrole nitrogens is 1. The predicted molar refractivity (Wildman–Crippen MR) is 77.6 cm³/mol. The molecule has 0 radical (unpaired) electrons. The van der Waals surface area contributed by atoms with E-state index >= 15 is 0 Å². The fraction of sp³-hybridized carbons (Fsp3) is 0.357. The van der Waals surface area contributed by atoms with E-state index < -0.39 is 0 Å². The predicted octanol–water partition coefficient (Wildman–Crippen LogP) is 2.44. The Labute approximate surface area is 122 Å². The van der Waals surface area contributed by atoms with Crippen LogP contribution in [-0.2, 0) is 16.0 Å². The molecule has 0 aliphatic carbocycles. The molecular formula is C14H17N3O2S. The third kappa shape index (κ3) is 4.70. The van der Waals surface area contributed by atoms with Gasteiger partial charge in [-0.15, -0.1) is 5.10 Å². The summed E-state index contributed by atoms with van der Waals surface area (Å²) in [7, 11) is 0. The second-order valence-electron chi connectivity index (χ2n) is 4.13. The molecule has 0 fully saturated rings. The van der Waals surface area contributed by atoms with E-state index in [0.717, 1.165) is 12.2 Å². The van der Waals surface area contributed by atoms with Crippen LogP contribution < -0.4 is 0 Å². The summed E-state index contributed by atoms with van der Waals surface area (Å²) in [5, 5.41) is 7.72. The number of esters is 1. The molecule has 5 nitrogen and oxygen atoms in total. The summed E-state index contributed by atoms with van der Waals surface area (Å²) in [5.41, 5.74) is 1.19. The summed E-state index contributed by atoms with van der Waals surface area (Å²) in [6.45, 7) is 2.22. The molecule has 0 saturated carbocycles. The van der Waals surface area contributed by atoms with Crippen molar-refractivity contribution in [2.45, 2.75) is 24.9 Å². The van der Waals surface area contributed by atoms with E-state index in [0.29, 0.717) is 23.9 Å². The van der Waals surface area contributed by atoms with Crippen LogP contribution in [0.2, 0.25) is 0 Å². The highest BCUT2D eigenvalue weighted by molar-refractivity contribution is 7.99. The van der Waals surface area contributed by atoms with Gasteiger partial charge < -0.3 is 4.74 Å². The van der Waals surface area contributed by atoms with Crippen LogP contribution >= 0.6 is 11.8 Å². The van der Waals surface area contributed by atoms with Crippen molar-refractivity contribution in [3.63, 3.8) is 0 Å². The molecule has 20 heavy (non-hydrogen) atoms. The van der Waals surface area contributed by atoms with E-state index in [9.17, 15) is 4.79 Å². The SMILES string of the molecule is CCOC(=O)CCSc1n[nH]c(Cc2ccccc2)n1. The first-order chi connectivity index (χ1) is 9.78. The molecule has 0 bridgehead atoms. The monoisotopic (exact) mass is 291 g/mol. The molecule has 2 aromatic rings. The van der Waals surface area contributed by atoms with Crippen LogP contribution in [0.5, 0.6) is 0 Å².